The van der Waals surface area contributed by atoms with Gasteiger partial charge in [-0.2, -0.15) is 0 Å². The number of hydrogen-bond donors (Lipinski definition) is 3. The van der Waals surface area contributed by atoms with Crippen molar-refractivity contribution in [2.24, 2.45) is 10.4 Å². The molecule has 1 saturated heterocycles. The van der Waals surface area contributed by atoms with Crippen molar-refractivity contribution in [2.45, 2.75) is 25.7 Å². The zero-order valence-corrected chi connectivity index (χ0v) is 20.5. The van der Waals surface area contributed by atoms with E-state index in [0.717, 1.165) is 26.2 Å². The molecule has 0 spiro atoms. The smallest absolute Gasteiger partial charge is 0.317 e. The topological polar surface area (TPSA) is 114 Å². The summed E-state index contributed by atoms with van der Waals surface area (Å²) in [5.41, 5.74) is -0.907. The highest BCUT2D eigenvalue weighted by Gasteiger charge is 2.54. The van der Waals surface area contributed by atoms with E-state index in [2.05, 4.69) is 30.7 Å². The van der Waals surface area contributed by atoms with Crippen molar-refractivity contribution in [3.63, 3.8) is 0 Å². The molecule has 9 heteroatoms. The summed E-state index contributed by atoms with van der Waals surface area (Å²) in [6.07, 6.45) is 1.48. The Morgan fingerprint density at radius 3 is 2.42 bits per heavy atom. The molecule has 8 nitrogen and oxygen atoms in total. The Kier molecular flexibility index (Phi) is 8.81. The number of benzene rings is 1. The van der Waals surface area contributed by atoms with Crippen LogP contribution in [0.3, 0.4) is 0 Å². The highest BCUT2D eigenvalue weighted by Crippen LogP contribution is 2.51. The van der Waals surface area contributed by atoms with Gasteiger partial charge in [-0.15, -0.1) is 0 Å². The molecule has 1 aromatic rings. The van der Waals surface area contributed by atoms with Gasteiger partial charge in [0.2, 0.25) is 0 Å². The first-order valence-corrected chi connectivity index (χ1v) is 12.1. The summed E-state index contributed by atoms with van der Waals surface area (Å²) in [6.45, 7) is 7.27. The van der Waals surface area contributed by atoms with Gasteiger partial charge < -0.3 is 15.3 Å². The lowest BCUT2D eigenvalue weighted by molar-refractivity contribution is -0.151. The second-order valence-corrected chi connectivity index (χ2v) is 9.39. The van der Waals surface area contributed by atoms with Gasteiger partial charge >= 0.3 is 5.97 Å². The number of aliphatic carboxylic acids is 1. The Bertz CT molecular complexity index is 926. The predicted molar refractivity (Wildman–Crippen MR) is 130 cm³/mol. The predicted octanol–water partition coefficient (Wildman–Crippen LogP) is 2.48. The highest BCUT2D eigenvalue weighted by atomic mass is 79.9. The molecule has 1 aromatic carbocycles. The molecule has 0 bridgehead atoms. The van der Waals surface area contributed by atoms with E-state index >= 15 is 0 Å². The Morgan fingerprint density at radius 1 is 1.21 bits per heavy atom. The van der Waals surface area contributed by atoms with E-state index in [0.29, 0.717) is 29.7 Å². The quantitative estimate of drug-likeness (QED) is 0.427. The van der Waals surface area contributed by atoms with Crippen molar-refractivity contribution in [1.29, 1.82) is 0 Å². The third kappa shape index (κ3) is 5.37. The third-order valence-corrected chi connectivity index (χ3v) is 7.55. The first-order valence-electron chi connectivity index (χ1n) is 11.3. The van der Waals surface area contributed by atoms with E-state index < -0.39 is 23.1 Å². The van der Waals surface area contributed by atoms with Crippen LogP contribution in [0.1, 0.15) is 31.2 Å². The fraction of sp³-hybridized carbons (Fsp3) is 0.542. The van der Waals surface area contributed by atoms with Crippen LogP contribution in [-0.2, 0) is 9.59 Å². The number of carboxylic acids is 1. The maximum Gasteiger partial charge on any atom is 0.317 e. The van der Waals surface area contributed by atoms with Gasteiger partial charge in [0.1, 0.15) is 11.2 Å². The van der Waals surface area contributed by atoms with Crippen LogP contribution in [0.25, 0.3) is 0 Å². The molecule has 3 N–H and O–H groups in total. The number of aliphatic hydroxyl groups is 2. The van der Waals surface area contributed by atoms with Crippen LogP contribution in [-0.4, -0.2) is 95.5 Å². The third-order valence-electron chi connectivity index (χ3n) is 6.83. The van der Waals surface area contributed by atoms with Gasteiger partial charge in [0.15, 0.2) is 5.78 Å². The summed E-state index contributed by atoms with van der Waals surface area (Å²) in [6, 6.07) is 7.23. The van der Waals surface area contributed by atoms with Crippen LogP contribution >= 0.6 is 15.9 Å². The molecule has 1 aliphatic heterocycles. The van der Waals surface area contributed by atoms with E-state index in [1.807, 2.05) is 12.1 Å². The van der Waals surface area contributed by atoms with Crippen LogP contribution in [0.15, 0.2) is 45.1 Å². The molecule has 1 fully saturated rings. The van der Waals surface area contributed by atoms with E-state index in [1.165, 1.54) is 6.21 Å². The van der Waals surface area contributed by atoms with E-state index in [-0.39, 0.29) is 30.8 Å². The van der Waals surface area contributed by atoms with Gasteiger partial charge in [-0.25, -0.2) is 0 Å². The minimum Gasteiger partial charge on any atom is -0.510 e. The lowest BCUT2D eigenvalue weighted by Gasteiger charge is -2.40. The summed E-state index contributed by atoms with van der Waals surface area (Å²) in [7, 11) is 0. The zero-order chi connectivity index (χ0) is 24.0. The number of piperazine rings is 1. The molecule has 0 saturated carbocycles. The molecule has 1 heterocycles. The molecular formula is C24H32BrN3O5. The number of allylic oxidation sites excluding steroid dienone is 1. The van der Waals surface area contributed by atoms with Gasteiger partial charge in [-0.05, 0) is 18.1 Å². The van der Waals surface area contributed by atoms with Crippen LogP contribution in [0.2, 0.25) is 0 Å². The molecule has 0 amide bonds. The van der Waals surface area contributed by atoms with Gasteiger partial charge in [0, 0.05) is 62.3 Å². The fourth-order valence-corrected chi connectivity index (χ4v) is 5.38. The monoisotopic (exact) mass is 521 g/mol. The van der Waals surface area contributed by atoms with Gasteiger partial charge in [-0.1, -0.05) is 41.1 Å². The van der Waals surface area contributed by atoms with Crippen LogP contribution in [0.5, 0.6) is 0 Å². The maximum absolute atomic E-state index is 13.0. The molecule has 3 rings (SSSR count). The van der Waals surface area contributed by atoms with E-state index in [9.17, 15) is 19.8 Å². The number of carboxylic acid groups (broad SMARTS) is 1. The molecule has 2 atom stereocenters. The largest absolute Gasteiger partial charge is 0.510 e. The van der Waals surface area contributed by atoms with Crippen molar-refractivity contribution >= 4 is 33.9 Å². The summed E-state index contributed by atoms with van der Waals surface area (Å²) in [5, 5.41) is 30.3. The minimum atomic E-state index is -1.60. The lowest BCUT2D eigenvalue weighted by Crippen LogP contribution is -2.47. The molecule has 33 heavy (non-hydrogen) atoms. The van der Waals surface area contributed by atoms with Crippen molar-refractivity contribution in [1.82, 2.24) is 9.80 Å². The van der Waals surface area contributed by atoms with Crippen LogP contribution < -0.4 is 0 Å². The Balaban J connectivity index is 1.77. The molecule has 0 radical (unpaired) electrons. The summed E-state index contributed by atoms with van der Waals surface area (Å²) >= 11 is 3.47. The number of β-amino-alcohol motifs (C(OH)–C–C–N with tert-alkyl or cyclic N) is 1. The second-order valence-electron chi connectivity index (χ2n) is 8.54. The number of hydrogen-bond acceptors (Lipinski definition) is 7. The molecular weight excluding hydrogens is 490 g/mol. The van der Waals surface area contributed by atoms with Gasteiger partial charge in [0.05, 0.1) is 18.7 Å². The number of Topliss-reactive ketones (excluding diaryl/α,β-unsaturated/α-hetero) is 1. The first-order chi connectivity index (χ1) is 15.8. The molecule has 180 valence electrons. The van der Waals surface area contributed by atoms with Crippen molar-refractivity contribution < 1.29 is 24.9 Å². The fourth-order valence-electron chi connectivity index (χ4n) is 4.82. The standard InChI is InChI=1S/C24H32BrN3O5/c1-2-24(23(32)33)19(17-5-3-4-6-20(17)25)15-21(30)18(22(24)31)16-26-7-8-27-9-11-28(12-10-27)13-14-29/h3-6,16,19,29,31H,2,7-15H2,1H3,(H,32,33). The number of carbonyl (C=O) groups is 2. The van der Waals surface area contributed by atoms with Gasteiger partial charge in [0.25, 0.3) is 0 Å². The summed E-state index contributed by atoms with van der Waals surface area (Å²) in [5.74, 6) is -2.55. The number of carbonyl (C=O) groups excluding carboxylic acids is 1. The normalized spacial score (nSPS) is 25.2. The zero-order valence-electron chi connectivity index (χ0n) is 18.9. The Hall–Kier alpha value is -2.07. The Morgan fingerprint density at radius 2 is 1.85 bits per heavy atom. The van der Waals surface area contributed by atoms with Crippen molar-refractivity contribution in [3.8, 4) is 0 Å². The molecule has 1 aliphatic carbocycles. The molecule has 2 unspecified atom stereocenters. The molecule has 0 aromatic heterocycles. The SMILES string of the molecule is CCC1(C(=O)O)C(O)=C(C=NCCN2CCN(CCO)CC2)C(=O)CC1c1ccccc1Br. The number of rotatable bonds is 9. The second kappa shape index (κ2) is 11.4. The highest BCUT2D eigenvalue weighted by molar-refractivity contribution is 9.10. The van der Waals surface area contributed by atoms with Crippen LogP contribution in [0.4, 0.5) is 0 Å². The average molecular weight is 522 g/mol. The lowest BCUT2D eigenvalue weighted by atomic mass is 9.62. The average Bonchev–Trinajstić information content (AvgIpc) is 2.80. The van der Waals surface area contributed by atoms with Crippen molar-refractivity contribution in [2.75, 3.05) is 52.4 Å². The number of aliphatic hydroxyl groups excluding tert-OH is 2. The van der Waals surface area contributed by atoms with Crippen LogP contribution in [0, 0.1) is 5.41 Å². The number of nitrogens with zero attached hydrogens (tertiary/aromatic N) is 3. The Labute approximate surface area is 202 Å². The van der Waals surface area contributed by atoms with E-state index in [1.54, 1.807) is 19.1 Å². The summed E-state index contributed by atoms with van der Waals surface area (Å²) in [4.78, 5) is 34.3. The van der Waals surface area contributed by atoms with E-state index in [4.69, 9.17) is 5.11 Å². The number of halogens is 1. The number of ketones is 1. The first kappa shape index (κ1) is 25.6. The molecule has 2 aliphatic rings. The summed E-state index contributed by atoms with van der Waals surface area (Å²) < 4.78 is 0.714. The van der Waals surface area contributed by atoms with Gasteiger partial charge in [-0.3, -0.25) is 24.4 Å². The maximum atomic E-state index is 13.0. The van der Waals surface area contributed by atoms with Crippen molar-refractivity contribution in [3.05, 3.63) is 45.6 Å². The number of aliphatic imine (C=N–C) groups is 1. The minimum absolute atomic E-state index is 0.00433.